The summed E-state index contributed by atoms with van der Waals surface area (Å²) in [5, 5.41) is 6.13. The van der Waals surface area contributed by atoms with Crippen molar-refractivity contribution in [2.75, 3.05) is 58.9 Å². The lowest BCUT2D eigenvalue weighted by atomic mass is 10.2. The average molecular weight is 439 g/mol. The number of carbonyl (C=O) groups excluding carboxylic acids is 2. The van der Waals surface area contributed by atoms with Gasteiger partial charge in [-0.25, -0.2) is 4.79 Å². The molecule has 1 unspecified atom stereocenters. The predicted octanol–water partition coefficient (Wildman–Crippen LogP) is 1.50. The number of hydrogen-bond donors (Lipinski definition) is 2. The lowest BCUT2D eigenvalue weighted by molar-refractivity contribution is -0.135. The Morgan fingerprint density at radius 2 is 1.65 bits per heavy atom. The zero-order chi connectivity index (χ0) is 22.9. The van der Waals surface area contributed by atoms with Gasteiger partial charge in [0.05, 0.1) is 6.04 Å². The first-order valence-electron chi connectivity index (χ1n) is 11.7. The van der Waals surface area contributed by atoms with Gasteiger partial charge in [0.25, 0.3) is 0 Å². The van der Waals surface area contributed by atoms with Crippen LogP contribution in [0.25, 0.3) is 0 Å². The number of aliphatic imine (C=N–C) groups is 1. The van der Waals surface area contributed by atoms with Crippen LogP contribution in [0.1, 0.15) is 53.9 Å². The first kappa shape index (κ1) is 25.2. The summed E-state index contributed by atoms with van der Waals surface area (Å²) in [6.07, 6.45) is 2.61. The van der Waals surface area contributed by atoms with Gasteiger partial charge >= 0.3 is 6.09 Å². The molecule has 2 heterocycles. The van der Waals surface area contributed by atoms with E-state index in [1.54, 1.807) is 0 Å². The van der Waals surface area contributed by atoms with Crippen molar-refractivity contribution >= 4 is 18.0 Å². The fourth-order valence-corrected chi connectivity index (χ4v) is 3.87. The van der Waals surface area contributed by atoms with Gasteiger partial charge in [-0.15, -0.1) is 0 Å². The average Bonchev–Trinajstić information content (AvgIpc) is 3.25. The number of amides is 2. The Hall–Kier alpha value is -2.03. The van der Waals surface area contributed by atoms with Gasteiger partial charge < -0.3 is 25.2 Å². The fraction of sp³-hybridized carbons (Fsp3) is 0.864. The summed E-state index contributed by atoms with van der Waals surface area (Å²) in [7, 11) is 0. The van der Waals surface area contributed by atoms with Crippen molar-refractivity contribution in [2.45, 2.75) is 65.5 Å². The monoisotopic (exact) mass is 438 g/mol. The normalized spacial score (nSPS) is 19.3. The molecule has 0 aromatic rings. The molecule has 31 heavy (non-hydrogen) atoms. The number of piperazine rings is 1. The molecular weight excluding hydrogens is 396 g/mol. The zero-order valence-corrected chi connectivity index (χ0v) is 20.1. The first-order valence-corrected chi connectivity index (χ1v) is 11.7. The van der Waals surface area contributed by atoms with Crippen molar-refractivity contribution in [1.82, 2.24) is 25.3 Å². The van der Waals surface area contributed by atoms with Gasteiger partial charge in [-0.05, 0) is 53.9 Å². The first-order chi connectivity index (χ1) is 14.7. The number of carbonyl (C=O) groups is 2. The molecule has 2 amide bonds. The van der Waals surface area contributed by atoms with Crippen molar-refractivity contribution in [1.29, 1.82) is 0 Å². The highest BCUT2D eigenvalue weighted by Gasteiger charge is 2.30. The number of nitrogens with one attached hydrogen (secondary N) is 2. The molecule has 0 radical (unpaired) electrons. The lowest BCUT2D eigenvalue weighted by Crippen LogP contribution is -2.57. The maximum absolute atomic E-state index is 12.7. The van der Waals surface area contributed by atoms with E-state index in [0.717, 1.165) is 71.0 Å². The van der Waals surface area contributed by atoms with Crippen LogP contribution in [-0.2, 0) is 9.53 Å². The molecule has 0 aliphatic carbocycles. The predicted molar refractivity (Wildman–Crippen MR) is 123 cm³/mol. The largest absolute Gasteiger partial charge is 0.444 e. The number of alkyl carbamates (subject to hydrolysis) is 1. The molecule has 9 nitrogen and oxygen atoms in total. The SMILES string of the molecule is CCNC(=NCCCNC(=O)OC(C)(C)C)N1CCN(C(C)C(=O)N2CCCC2)CC1. The van der Waals surface area contributed by atoms with Gasteiger partial charge in [0.1, 0.15) is 5.60 Å². The number of likely N-dealkylation sites (tertiary alicyclic amines) is 1. The van der Waals surface area contributed by atoms with Crippen molar-refractivity contribution < 1.29 is 14.3 Å². The van der Waals surface area contributed by atoms with Crippen LogP contribution in [-0.4, -0.2) is 103 Å². The quantitative estimate of drug-likeness (QED) is 0.356. The minimum absolute atomic E-state index is 0.0568. The fourth-order valence-electron chi connectivity index (χ4n) is 3.87. The Labute approximate surface area is 187 Å². The molecule has 9 heteroatoms. The summed E-state index contributed by atoms with van der Waals surface area (Å²) in [6, 6.07) is -0.0568. The molecule has 2 fully saturated rings. The van der Waals surface area contributed by atoms with E-state index in [9.17, 15) is 9.59 Å². The lowest BCUT2D eigenvalue weighted by Gasteiger charge is -2.39. The highest BCUT2D eigenvalue weighted by Crippen LogP contribution is 2.14. The van der Waals surface area contributed by atoms with Gasteiger partial charge in [-0.3, -0.25) is 14.7 Å². The summed E-state index contributed by atoms with van der Waals surface area (Å²) in [5.74, 6) is 1.17. The molecule has 0 saturated carbocycles. The molecule has 0 aromatic heterocycles. The molecule has 178 valence electrons. The van der Waals surface area contributed by atoms with Crippen molar-refractivity contribution in [3.63, 3.8) is 0 Å². The van der Waals surface area contributed by atoms with Crippen LogP contribution >= 0.6 is 0 Å². The van der Waals surface area contributed by atoms with E-state index in [1.807, 2.05) is 32.6 Å². The Morgan fingerprint density at radius 1 is 1.00 bits per heavy atom. The van der Waals surface area contributed by atoms with Crippen molar-refractivity contribution in [3.05, 3.63) is 0 Å². The van der Waals surface area contributed by atoms with E-state index >= 15 is 0 Å². The second-order valence-electron chi connectivity index (χ2n) is 9.25. The van der Waals surface area contributed by atoms with Crippen LogP contribution in [0.5, 0.6) is 0 Å². The second kappa shape index (κ2) is 12.1. The third-order valence-electron chi connectivity index (χ3n) is 5.54. The Bertz CT molecular complexity index is 605. The molecule has 0 aromatic carbocycles. The number of ether oxygens (including phenoxy) is 1. The maximum Gasteiger partial charge on any atom is 0.407 e. The zero-order valence-electron chi connectivity index (χ0n) is 20.1. The van der Waals surface area contributed by atoms with E-state index in [4.69, 9.17) is 9.73 Å². The van der Waals surface area contributed by atoms with E-state index in [0.29, 0.717) is 13.1 Å². The van der Waals surface area contributed by atoms with Crippen LogP contribution in [0.15, 0.2) is 4.99 Å². The molecular formula is C22H42N6O3. The Morgan fingerprint density at radius 3 is 2.23 bits per heavy atom. The summed E-state index contributed by atoms with van der Waals surface area (Å²) in [5.41, 5.74) is -0.487. The van der Waals surface area contributed by atoms with Crippen LogP contribution in [0.3, 0.4) is 0 Å². The van der Waals surface area contributed by atoms with E-state index < -0.39 is 11.7 Å². The molecule has 2 aliphatic heterocycles. The molecule has 1 atom stereocenters. The molecule has 2 rings (SSSR count). The molecule has 0 spiro atoms. The van der Waals surface area contributed by atoms with Crippen molar-refractivity contribution in [2.24, 2.45) is 4.99 Å². The summed E-state index contributed by atoms with van der Waals surface area (Å²) >= 11 is 0. The van der Waals surface area contributed by atoms with Crippen molar-refractivity contribution in [3.8, 4) is 0 Å². The number of rotatable bonds is 7. The standard InChI is InChI=1S/C22H42N6O3/c1-6-23-20(24-10-9-11-25-21(30)31-22(3,4)5)28-16-14-26(15-17-28)18(2)19(29)27-12-7-8-13-27/h18H,6-17H2,1-5H3,(H,23,24)(H,25,30). The summed E-state index contributed by atoms with van der Waals surface area (Å²) in [4.78, 5) is 35.7. The van der Waals surface area contributed by atoms with Gasteiger partial charge in [0, 0.05) is 58.9 Å². The minimum Gasteiger partial charge on any atom is -0.444 e. The second-order valence-corrected chi connectivity index (χ2v) is 9.25. The smallest absolute Gasteiger partial charge is 0.407 e. The molecule has 2 aliphatic rings. The molecule has 2 N–H and O–H groups in total. The molecule has 0 bridgehead atoms. The Kier molecular flexibility index (Phi) is 9.87. The maximum atomic E-state index is 12.7. The van der Waals surface area contributed by atoms with Crippen LogP contribution < -0.4 is 10.6 Å². The highest BCUT2D eigenvalue weighted by atomic mass is 16.6. The number of guanidine groups is 1. The summed E-state index contributed by atoms with van der Waals surface area (Å²) in [6.45, 7) is 16.8. The van der Waals surface area contributed by atoms with Crippen LogP contribution in [0.2, 0.25) is 0 Å². The minimum atomic E-state index is -0.487. The van der Waals surface area contributed by atoms with Gasteiger partial charge in [-0.2, -0.15) is 0 Å². The van der Waals surface area contributed by atoms with Gasteiger partial charge in [0.15, 0.2) is 5.96 Å². The summed E-state index contributed by atoms with van der Waals surface area (Å²) < 4.78 is 5.24. The number of nitrogens with zero attached hydrogens (tertiary/aromatic N) is 4. The number of hydrogen-bond acceptors (Lipinski definition) is 5. The van der Waals surface area contributed by atoms with Gasteiger partial charge in [-0.1, -0.05) is 0 Å². The van der Waals surface area contributed by atoms with E-state index in [-0.39, 0.29) is 11.9 Å². The van der Waals surface area contributed by atoms with E-state index in [2.05, 4.69) is 27.4 Å². The third-order valence-corrected chi connectivity index (χ3v) is 5.54. The van der Waals surface area contributed by atoms with Crippen LogP contribution in [0, 0.1) is 0 Å². The van der Waals surface area contributed by atoms with Crippen LogP contribution in [0.4, 0.5) is 4.79 Å². The highest BCUT2D eigenvalue weighted by molar-refractivity contribution is 5.82. The molecule has 2 saturated heterocycles. The topological polar surface area (TPSA) is 89.5 Å². The Balaban J connectivity index is 1.75. The third kappa shape index (κ3) is 8.55. The van der Waals surface area contributed by atoms with Gasteiger partial charge in [0.2, 0.25) is 5.91 Å². The van der Waals surface area contributed by atoms with E-state index in [1.165, 1.54) is 0 Å².